The van der Waals surface area contributed by atoms with Crippen LogP contribution in [-0.4, -0.2) is 50.9 Å². The van der Waals surface area contributed by atoms with E-state index in [2.05, 4.69) is 15.2 Å². The van der Waals surface area contributed by atoms with E-state index in [-0.39, 0.29) is 11.8 Å². The van der Waals surface area contributed by atoms with Gasteiger partial charge < -0.3 is 14.2 Å². The Bertz CT molecular complexity index is 964. The summed E-state index contributed by atoms with van der Waals surface area (Å²) in [5, 5.41) is 8.50. The summed E-state index contributed by atoms with van der Waals surface area (Å²) in [6.07, 6.45) is 3.63. The van der Waals surface area contributed by atoms with Gasteiger partial charge in [0.2, 0.25) is 0 Å². The van der Waals surface area contributed by atoms with E-state index in [1.54, 1.807) is 17.9 Å². The number of aromatic nitrogens is 4. The van der Waals surface area contributed by atoms with Crippen LogP contribution in [0.25, 0.3) is 11.5 Å². The number of methoxy groups -OCH3 is 1. The number of amides is 1. The SMILES string of the molecule is CCn1ccc(C(=O)N2CCCC(c3noc(-c4ccccc4OC)n3)C2)n1. The van der Waals surface area contributed by atoms with Crippen LogP contribution in [0.2, 0.25) is 0 Å². The van der Waals surface area contributed by atoms with Gasteiger partial charge in [-0.15, -0.1) is 0 Å². The molecular formula is C20H23N5O3. The van der Waals surface area contributed by atoms with Crippen LogP contribution in [0.15, 0.2) is 41.1 Å². The number of nitrogens with zero attached hydrogens (tertiary/aromatic N) is 5. The molecule has 1 amide bonds. The van der Waals surface area contributed by atoms with Crippen molar-refractivity contribution in [2.45, 2.75) is 32.2 Å². The third kappa shape index (κ3) is 3.49. The highest BCUT2D eigenvalue weighted by molar-refractivity contribution is 5.92. The molecule has 0 saturated carbocycles. The Balaban J connectivity index is 1.51. The van der Waals surface area contributed by atoms with Crippen molar-refractivity contribution in [3.63, 3.8) is 0 Å². The van der Waals surface area contributed by atoms with Crippen molar-refractivity contribution in [3.05, 3.63) is 48.0 Å². The zero-order chi connectivity index (χ0) is 19.5. The smallest absolute Gasteiger partial charge is 0.274 e. The third-order valence-electron chi connectivity index (χ3n) is 5.04. The number of carbonyl (C=O) groups excluding carboxylic acids is 1. The quantitative estimate of drug-likeness (QED) is 0.675. The first-order chi connectivity index (χ1) is 13.7. The Labute approximate surface area is 163 Å². The minimum Gasteiger partial charge on any atom is -0.496 e. The summed E-state index contributed by atoms with van der Waals surface area (Å²) < 4.78 is 12.6. The molecule has 3 aromatic rings. The molecule has 0 bridgehead atoms. The first-order valence-electron chi connectivity index (χ1n) is 9.49. The van der Waals surface area contributed by atoms with E-state index in [0.29, 0.717) is 36.2 Å². The molecule has 4 rings (SSSR count). The third-order valence-corrected chi connectivity index (χ3v) is 5.04. The average Bonchev–Trinajstić information content (AvgIpc) is 3.43. The molecule has 8 heteroatoms. The summed E-state index contributed by atoms with van der Waals surface area (Å²) in [7, 11) is 1.61. The van der Waals surface area contributed by atoms with Gasteiger partial charge in [-0.25, -0.2) is 0 Å². The number of likely N-dealkylation sites (tertiary alicyclic amines) is 1. The number of carbonyl (C=O) groups is 1. The monoisotopic (exact) mass is 381 g/mol. The molecular weight excluding hydrogens is 358 g/mol. The van der Waals surface area contributed by atoms with Gasteiger partial charge in [0.15, 0.2) is 5.82 Å². The molecule has 0 spiro atoms. The second kappa shape index (κ2) is 7.84. The molecule has 0 aliphatic carbocycles. The van der Waals surface area contributed by atoms with E-state index in [0.717, 1.165) is 24.9 Å². The molecule has 2 aromatic heterocycles. The zero-order valence-corrected chi connectivity index (χ0v) is 16.0. The molecule has 8 nitrogen and oxygen atoms in total. The first kappa shape index (κ1) is 18.2. The lowest BCUT2D eigenvalue weighted by molar-refractivity contribution is 0.0696. The summed E-state index contributed by atoms with van der Waals surface area (Å²) in [4.78, 5) is 19.2. The molecule has 28 heavy (non-hydrogen) atoms. The van der Waals surface area contributed by atoms with E-state index in [9.17, 15) is 4.79 Å². The van der Waals surface area contributed by atoms with Gasteiger partial charge in [-0.1, -0.05) is 17.3 Å². The van der Waals surface area contributed by atoms with Gasteiger partial charge in [-0.2, -0.15) is 10.1 Å². The van der Waals surface area contributed by atoms with Gasteiger partial charge in [0.25, 0.3) is 11.8 Å². The number of piperidine rings is 1. The molecule has 1 aliphatic rings. The van der Waals surface area contributed by atoms with Crippen LogP contribution in [-0.2, 0) is 6.54 Å². The van der Waals surface area contributed by atoms with Crippen LogP contribution in [0.1, 0.15) is 42.0 Å². The van der Waals surface area contributed by atoms with Gasteiger partial charge in [0, 0.05) is 31.7 Å². The maximum absolute atomic E-state index is 12.8. The lowest BCUT2D eigenvalue weighted by atomic mass is 9.97. The topological polar surface area (TPSA) is 86.3 Å². The van der Waals surface area contributed by atoms with Crippen LogP contribution < -0.4 is 4.74 Å². The summed E-state index contributed by atoms with van der Waals surface area (Å²) in [6.45, 7) is 4.01. The van der Waals surface area contributed by atoms with Crippen LogP contribution >= 0.6 is 0 Å². The number of hydrogen-bond donors (Lipinski definition) is 0. The van der Waals surface area contributed by atoms with E-state index in [1.807, 2.05) is 42.3 Å². The fourth-order valence-corrected chi connectivity index (χ4v) is 3.52. The lowest BCUT2D eigenvalue weighted by Gasteiger charge is -2.30. The predicted octanol–water partition coefficient (Wildman–Crippen LogP) is 2.98. The number of hydrogen-bond acceptors (Lipinski definition) is 6. The maximum atomic E-state index is 12.8. The summed E-state index contributed by atoms with van der Waals surface area (Å²) >= 11 is 0. The van der Waals surface area contributed by atoms with E-state index >= 15 is 0 Å². The van der Waals surface area contributed by atoms with E-state index < -0.39 is 0 Å². The largest absolute Gasteiger partial charge is 0.496 e. The van der Waals surface area contributed by atoms with Crippen molar-refractivity contribution in [1.29, 1.82) is 0 Å². The van der Waals surface area contributed by atoms with Crippen molar-refractivity contribution in [2.24, 2.45) is 0 Å². The predicted molar refractivity (Wildman–Crippen MR) is 102 cm³/mol. The minimum atomic E-state index is -0.0506. The van der Waals surface area contributed by atoms with Crippen molar-refractivity contribution in [1.82, 2.24) is 24.8 Å². The first-order valence-corrected chi connectivity index (χ1v) is 9.49. The fraction of sp³-hybridized carbons (Fsp3) is 0.400. The minimum absolute atomic E-state index is 0.0400. The Morgan fingerprint density at radius 2 is 2.18 bits per heavy atom. The van der Waals surface area contributed by atoms with Crippen molar-refractivity contribution in [2.75, 3.05) is 20.2 Å². The van der Waals surface area contributed by atoms with Crippen molar-refractivity contribution in [3.8, 4) is 17.2 Å². The Hall–Kier alpha value is -3.16. The normalized spacial score (nSPS) is 16.9. The standard InChI is InChI=1S/C20H23N5O3/c1-3-25-12-10-16(22-25)20(26)24-11-6-7-14(13-24)18-21-19(28-23-18)15-8-4-5-9-17(15)27-2/h4-5,8-10,12,14H,3,6-7,11,13H2,1-2H3. The Morgan fingerprint density at radius 1 is 1.32 bits per heavy atom. The van der Waals surface area contributed by atoms with Gasteiger partial charge in [0.05, 0.1) is 12.7 Å². The van der Waals surface area contributed by atoms with Crippen LogP contribution in [0, 0.1) is 0 Å². The molecule has 0 radical (unpaired) electrons. The highest BCUT2D eigenvalue weighted by atomic mass is 16.5. The number of para-hydroxylation sites is 1. The number of aryl methyl sites for hydroxylation is 1. The molecule has 1 aromatic carbocycles. The number of benzene rings is 1. The molecule has 1 aliphatic heterocycles. The molecule has 3 heterocycles. The second-order valence-corrected chi connectivity index (χ2v) is 6.81. The van der Waals surface area contributed by atoms with E-state index in [1.165, 1.54) is 0 Å². The Morgan fingerprint density at radius 3 is 2.96 bits per heavy atom. The van der Waals surface area contributed by atoms with Crippen LogP contribution in [0.5, 0.6) is 5.75 Å². The summed E-state index contributed by atoms with van der Waals surface area (Å²) in [6, 6.07) is 9.30. The summed E-state index contributed by atoms with van der Waals surface area (Å²) in [5.41, 5.74) is 1.24. The lowest BCUT2D eigenvalue weighted by Crippen LogP contribution is -2.39. The molecule has 1 atom stereocenters. The van der Waals surface area contributed by atoms with Crippen LogP contribution in [0.4, 0.5) is 0 Å². The molecule has 1 fully saturated rings. The summed E-state index contributed by atoms with van der Waals surface area (Å²) in [5.74, 6) is 1.73. The van der Waals surface area contributed by atoms with Gasteiger partial charge in [-0.3, -0.25) is 9.48 Å². The number of ether oxygens (including phenoxy) is 1. The molecule has 146 valence electrons. The van der Waals surface area contributed by atoms with E-state index in [4.69, 9.17) is 9.26 Å². The highest BCUT2D eigenvalue weighted by Crippen LogP contribution is 2.31. The van der Waals surface area contributed by atoms with Gasteiger partial charge in [0.1, 0.15) is 11.4 Å². The van der Waals surface area contributed by atoms with Crippen LogP contribution in [0.3, 0.4) is 0 Å². The highest BCUT2D eigenvalue weighted by Gasteiger charge is 2.29. The second-order valence-electron chi connectivity index (χ2n) is 6.81. The number of rotatable bonds is 5. The van der Waals surface area contributed by atoms with Gasteiger partial charge in [-0.05, 0) is 38.0 Å². The Kier molecular flexibility index (Phi) is 5.10. The van der Waals surface area contributed by atoms with Crippen molar-refractivity contribution < 1.29 is 14.1 Å². The molecule has 1 saturated heterocycles. The fourth-order valence-electron chi connectivity index (χ4n) is 3.52. The maximum Gasteiger partial charge on any atom is 0.274 e. The molecule has 0 N–H and O–H groups in total. The zero-order valence-electron chi connectivity index (χ0n) is 16.0. The molecule has 1 unspecified atom stereocenters. The average molecular weight is 381 g/mol. The van der Waals surface area contributed by atoms with Gasteiger partial charge >= 0.3 is 0 Å². The van der Waals surface area contributed by atoms with Crippen molar-refractivity contribution >= 4 is 5.91 Å².